The topological polar surface area (TPSA) is 38.1 Å². The zero-order valence-electron chi connectivity index (χ0n) is 16.2. The Morgan fingerprint density at radius 3 is 2.59 bits per heavy atom. The third kappa shape index (κ3) is 4.92. The van der Waals surface area contributed by atoms with Gasteiger partial charge in [-0.1, -0.05) is 0 Å². The largest absolute Gasteiger partial charge is 0.497 e. The van der Waals surface area contributed by atoms with Gasteiger partial charge in [0.2, 0.25) is 0 Å². The number of methoxy groups -OCH3 is 1. The summed E-state index contributed by atoms with van der Waals surface area (Å²) in [4.78, 5) is 5.11. The lowest BCUT2D eigenvalue weighted by molar-refractivity contribution is 0.0220. The first-order valence-electron chi connectivity index (χ1n) is 10.1. The summed E-state index contributed by atoms with van der Waals surface area (Å²) in [5.74, 6) is 3.60. The van der Waals surface area contributed by atoms with Gasteiger partial charge in [0.05, 0.1) is 26.9 Å². The Bertz CT molecular complexity index is 707. The third-order valence-electron chi connectivity index (χ3n) is 5.64. The summed E-state index contributed by atoms with van der Waals surface area (Å²) >= 11 is 0. The molecule has 0 spiro atoms. The van der Waals surface area contributed by atoms with Gasteiger partial charge in [0, 0.05) is 31.7 Å². The first kappa shape index (κ1) is 18.5. The molecular formula is C22H30N2O3. The molecule has 5 heteroatoms. The van der Waals surface area contributed by atoms with Gasteiger partial charge >= 0.3 is 0 Å². The Morgan fingerprint density at radius 2 is 1.81 bits per heavy atom. The quantitative estimate of drug-likeness (QED) is 0.778. The smallest absolute Gasteiger partial charge is 0.134 e. The van der Waals surface area contributed by atoms with Crippen LogP contribution in [0.5, 0.6) is 5.75 Å². The van der Waals surface area contributed by atoms with E-state index in [2.05, 4.69) is 21.9 Å². The van der Waals surface area contributed by atoms with Crippen LogP contribution in [-0.2, 0) is 11.3 Å². The summed E-state index contributed by atoms with van der Waals surface area (Å²) in [6, 6.07) is 12.2. The van der Waals surface area contributed by atoms with Crippen molar-refractivity contribution in [1.29, 1.82) is 0 Å². The minimum atomic E-state index is 0.757. The second-order valence-electron chi connectivity index (χ2n) is 7.65. The standard InChI is InChI=1S/C22H30N2O3/c1-25-20-6-4-19(5-7-20)22-9-8-21(27-22)17-24-10-2-3-18(16-24)15-23-11-13-26-14-12-23/h4-9,18H,2-3,10-17H2,1H3. The van der Waals surface area contributed by atoms with Crippen LogP contribution in [0.2, 0.25) is 0 Å². The average molecular weight is 370 g/mol. The molecular weight excluding hydrogens is 340 g/mol. The number of morpholine rings is 1. The Kier molecular flexibility index (Phi) is 6.12. The highest BCUT2D eigenvalue weighted by Gasteiger charge is 2.23. The van der Waals surface area contributed by atoms with Crippen LogP contribution in [0.4, 0.5) is 0 Å². The molecule has 4 rings (SSSR count). The zero-order valence-corrected chi connectivity index (χ0v) is 16.2. The van der Waals surface area contributed by atoms with E-state index in [0.717, 1.165) is 74.7 Å². The van der Waals surface area contributed by atoms with Crippen molar-refractivity contribution in [3.05, 3.63) is 42.2 Å². The van der Waals surface area contributed by atoms with Crippen LogP contribution in [0.25, 0.3) is 11.3 Å². The van der Waals surface area contributed by atoms with E-state index in [4.69, 9.17) is 13.9 Å². The molecule has 146 valence electrons. The van der Waals surface area contributed by atoms with E-state index in [1.807, 2.05) is 24.3 Å². The van der Waals surface area contributed by atoms with Crippen LogP contribution in [0.1, 0.15) is 18.6 Å². The second-order valence-corrected chi connectivity index (χ2v) is 7.65. The summed E-state index contributed by atoms with van der Waals surface area (Å²) in [5.41, 5.74) is 1.09. The highest BCUT2D eigenvalue weighted by Crippen LogP contribution is 2.26. The summed E-state index contributed by atoms with van der Waals surface area (Å²) in [7, 11) is 1.69. The molecule has 0 saturated carbocycles. The van der Waals surface area contributed by atoms with Gasteiger partial charge in [0.25, 0.3) is 0 Å². The van der Waals surface area contributed by atoms with Crippen LogP contribution in [0.3, 0.4) is 0 Å². The normalized spacial score (nSPS) is 22.0. The van der Waals surface area contributed by atoms with Gasteiger partial charge in [-0.25, -0.2) is 0 Å². The van der Waals surface area contributed by atoms with E-state index in [9.17, 15) is 0 Å². The minimum absolute atomic E-state index is 0.757. The van der Waals surface area contributed by atoms with Crippen molar-refractivity contribution >= 4 is 0 Å². The molecule has 0 bridgehead atoms. The average Bonchev–Trinajstić information content (AvgIpc) is 3.17. The van der Waals surface area contributed by atoms with Crippen molar-refractivity contribution in [2.24, 2.45) is 5.92 Å². The fraction of sp³-hybridized carbons (Fsp3) is 0.545. The number of rotatable bonds is 6. The number of hydrogen-bond donors (Lipinski definition) is 0. The lowest BCUT2D eigenvalue weighted by Gasteiger charge is -2.36. The summed E-state index contributed by atoms with van der Waals surface area (Å²) in [6.07, 6.45) is 2.62. The maximum atomic E-state index is 6.12. The van der Waals surface area contributed by atoms with E-state index >= 15 is 0 Å². The highest BCUT2D eigenvalue weighted by atomic mass is 16.5. The van der Waals surface area contributed by atoms with Crippen molar-refractivity contribution in [2.45, 2.75) is 19.4 Å². The number of furan rings is 1. The fourth-order valence-electron chi connectivity index (χ4n) is 4.19. The van der Waals surface area contributed by atoms with Crippen molar-refractivity contribution in [3.8, 4) is 17.1 Å². The van der Waals surface area contributed by atoms with Crippen LogP contribution < -0.4 is 4.74 Å². The van der Waals surface area contributed by atoms with Crippen molar-refractivity contribution < 1.29 is 13.9 Å². The predicted octanol–water partition coefficient (Wildman–Crippen LogP) is 3.50. The number of hydrogen-bond acceptors (Lipinski definition) is 5. The lowest BCUT2D eigenvalue weighted by atomic mass is 9.97. The SMILES string of the molecule is COc1ccc(-c2ccc(CN3CCCC(CN4CCOCC4)C3)o2)cc1. The van der Waals surface area contributed by atoms with Gasteiger partial charge < -0.3 is 13.9 Å². The molecule has 0 radical (unpaired) electrons. The van der Waals surface area contributed by atoms with Crippen molar-refractivity contribution in [2.75, 3.05) is 53.0 Å². The molecule has 3 heterocycles. The maximum Gasteiger partial charge on any atom is 0.134 e. The van der Waals surface area contributed by atoms with Crippen molar-refractivity contribution in [3.63, 3.8) is 0 Å². The van der Waals surface area contributed by atoms with Gasteiger partial charge in [-0.3, -0.25) is 9.80 Å². The van der Waals surface area contributed by atoms with E-state index in [0.29, 0.717) is 0 Å². The molecule has 1 atom stereocenters. The van der Waals surface area contributed by atoms with Gasteiger partial charge in [0.1, 0.15) is 17.3 Å². The molecule has 5 nitrogen and oxygen atoms in total. The number of ether oxygens (including phenoxy) is 2. The summed E-state index contributed by atoms with van der Waals surface area (Å²) in [6.45, 7) is 8.37. The predicted molar refractivity (Wildman–Crippen MR) is 106 cm³/mol. The molecule has 2 fully saturated rings. The Hall–Kier alpha value is -1.82. The number of nitrogens with zero attached hydrogens (tertiary/aromatic N) is 2. The highest BCUT2D eigenvalue weighted by molar-refractivity contribution is 5.58. The summed E-state index contributed by atoms with van der Waals surface area (Å²) in [5, 5.41) is 0. The molecule has 1 aromatic heterocycles. The molecule has 27 heavy (non-hydrogen) atoms. The third-order valence-corrected chi connectivity index (χ3v) is 5.64. The molecule has 2 aliphatic heterocycles. The molecule has 0 aliphatic carbocycles. The Morgan fingerprint density at radius 1 is 1.00 bits per heavy atom. The van der Waals surface area contributed by atoms with Gasteiger partial charge in [0.15, 0.2) is 0 Å². The number of likely N-dealkylation sites (tertiary alicyclic amines) is 1. The van der Waals surface area contributed by atoms with Crippen molar-refractivity contribution in [1.82, 2.24) is 9.80 Å². The van der Waals surface area contributed by atoms with E-state index in [1.54, 1.807) is 7.11 Å². The van der Waals surface area contributed by atoms with Crippen LogP contribution in [0, 0.1) is 5.92 Å². The molecule has 2 aliphatic rings. The lowest BCUT2D eigenvalue weighted by Crippen LogP contribution is -2.44. The summed E-state index contributed by atoms with van der Waals surface area (Å²) < 4.78 is 16.8. The van der Waals surface area contributed by atoms with Crippen LogP contribution >= 0.6 is 0 Å². The Balaban J connectivity index is 1.32. The second kappa shape index (κ2) is 8.91. The number of benzene rings is 1. The Labute approximate surface area is 161 Å². The molecule has 1 aromatic carbocycles. The first-order chi connectivity index (χ1) is 13.3. The molecule has 0 amide bonds. The first-order valence-corrected chi connectivity index (χ1v) is 10.1. The van der Waals surface area contributed by atoms with Gasteiger partial charge in [-0.05, 0) is 61.7 Å². The van der Waals surface area contributed by atoms with Crippen LogP contribution in [-0.4, -0.2) is 62.8 Å². The minimum Gasteiger partial charge on any atom is -0.497 e. The number of piperidine rings is 1. The van der Waals surface area contributed by atoms with E-state index in [-0.39, 0.29) is 0 Å². The zero-order chi connectivity index (χ0) is 18.5. The van der Waals surface area contributed by atoms with E-state index < -0.39 is 0 Å². The molecule has 2 saturated heterocycles. The van der Waals surface area contributed by atoms with E-state index in [1.165, 1.54) is 19.4 Å². The fourth-order valence-corrected chi connectivity index (χ4v) is 4.19. The van der Waals surface area contributed by atoms with Crippen LogP contribution in [0.15, 0.2) is 40.8 Å². The molecule has 2 aromatic rings. The molecule has 1 unspecified atom stereocenters. The van der Waals surface area contributed by atoms with Gasteiger partial charge in [-0.2, -0.15) is 0 Å². The molecule has 0 N–H and O–H groups in total. The monoisotopic (exact) mass is 370 g/mol. The maximum absolute atomic E-state index is 6.12. The van der Waals surface area contributed by atoms with Gasteiger partial charge in [-0.15, -0.1) is 0 Å².